The van der Waals surface area contributed by atoms with Crippen LogP contribution in [0.5, 0.6) is 0 Å². The van der Waals surface area contributed by atoms with E-state index in [1.165, 1.54) is 0 Å². The summed E-state index contributed by atoms with van der Waals surface area (Å²) < 4.78 is 0. The predicted octanol–water partition coefficient (Wildman–Crippen LogP) is -3.35. The zero-order valence-electron chi connectivity index (χ0n) is 6.43. The van der Waals surface area contributed by atoms with Gasteiger partial charge in [-0.25, -0.2) is 4.79 Å². The van der Waals surface area contributed by atoms with Gasteiger partial charge in [-0.2, -0.15) is 0 Å². The number of hydrogen-bond donors (Lipinski definition) is 4. The molecule has 0 saturated carbocycles. The molecule has 7 nitrogen and oxygen atoms in total. The summed E-state index contributed by atoms with van der Waals surface area (Å²) in [5, 5.41) is 33.8. The van der Waals surface area contributed by atoms with Crippen LogP contribution in [0.25, 0.3) is 0 Å². The molecule has 0 aliphatic carbocycles. The molecule has 0 rings (SSSR count). The van der Waals surface area contributed by atoms with Gasteiger partial charge in [-0.15, -0.1) is 0 Å². The van der Waals surface area contributed by atoms with Gasteiger partial charge in [0.25, 0.3) is 0 Å². The Balaban J connectivity index is -0.000000720. The first-order valence-electron chi connectivity index (χ1n) is 3.17. The number of rotatable bonds is 5. The first kappa shape index (κ1) is 20.6. The van der Waals surface area contributed by atoms with Crippen molar-refractivity contribution in [3.8, 4) is 0 Å². The van der Waals surface area contributed by atoms with Gasteiger partial charge >= 0.3 is 55.6 Å². The predicted molar refractivity (Wildman–Crippen MR) is 55.6 cm³/mol. The Morgan fingerprint density at radius 3 is 1.33 bits per heavy atom. The van der Waals surface area contributed by atoms with Crippen molar-refractivity contribution >= 4 is 73.0 Å². The van der Waals surface area contributed by atoms with Crippen LogP contribution in [0.3, 0.4) is 0 Å². The van der Waals surface area contributed by atoms with Crippen molar-refractivity contribution in [3.05, 3.63) is 0 Å². The van der Waals surface area contributed by atoms with Gasteiger partial charge in [-0.3, -0.25) is 9.59 Å². The molecule has 0 aliphatic heterocycles. The minimum absolute atomic E-state index is 0. The SMILES string of the molecule is O=C(O)CC(O)(CC(=O)O)C(=O)O.[AlH3].[CaH2]. The Kier molecular flexibility index (Phi) is 11.4. The van der Waals surface area contributed by atoms with Gasteiger partial charge in [-0.05, 0) is 0 Å². The van der Waals surface area contributed by atoms with E-state index in [1.807, 2.05) is 0 Å². The van der Waals surface area contributed by atoms with Gasteiger partial charge in [0.1, 0.15) is 0 Å². The van der Waals surface area contributed by atoms with E-state index in [4.69, 9.17) is 20.4 Å². The Labute approximate surface area is 125 Å². The van der Waals surface area contributed by atoms with Gasteiger partial charge in [0.2, 0.25) is 0 Å². The molecule has 0 aromatic carbocycles. The average molecular weight is 264 g/mol. The third-order valence-electron chi connectivity index (χ3n) is 1.29. The van der Waals surface area contributed by atoms with Crippen LogP contribution in [-0.4, -0.2) is 99.0 Å². The standard InChI is InChI=1S/C6H8O7.Al.Ca.5H/c7-3(8)1-6(13,5(11)12)2-4(9)10;;;;;;;/h13H,1-2H2,(H,7,8)(H,9,10)(H,11,12);;;;;;;. The van der Waals surface area contributed by atoms with Crippen LogP contribution in [0.15, 0.2) is 0 Å². The molecule has 0 radical (unpaired) electrons. The number of hydrogen-bond acceptors (Lipinski definition) is 4. The first-order chi connectivity index (χ1) is 5.78. The zero-order valence-corrected chi connectivity index (χ0v) is 6.43. The quantitative estimate of drug-likeness (QED) is 0.381. The molecule has 9 heteroatoms. The molecular formula is C6H13AlCaO7. The van der Waals surface area contributed by atoms with E-state index in [9.17, 15) is 14.4 Å². The normalized spacial score (nSPS) is 9.40. The van der Waals surface area contributed by atoms with E-state index in [-0.39, 0.29) is 55.1 Å². The first-order valence-corrected chi connectivity index (χ1v) is 3.17. The molecule has 0 heterocycles. The maximum atomic E-state index is 10.3. The molecule has 0 aliphatic rings. The molecule has 4 N–H and O–H groups in total. The van der Waals surface area contributed by atoms with Gasteiger partial charge < -0.3 is 20.4 Å². The molecule has 0 unspecified atom stereocenters. The zero-order chi connectivity index (χ0) is 10.6. The number of carboxylic acid groups (broad SMARTS) is 3. The van der Waals surface area contributed by atoms with Crippen molar-refractivity contribution in [2.24, 2.45) is 0 Å². The molecule has 0 bridgehead atoms. The van der Waals surface area contributed by atoms with Crippen LogP contribution in [0.2, 0.25) is 0 Å². The number of carbonyl (C=O) groups is 3. The van der Waals surface area contributed by atoms with Crippen LogP contribution in [0.1, 0.15) is 12.8 Å². The Hall–Kier alpha value is 0.162. The molecule has 0 saturated heterocycles. The number of aliphatic hydroxyl groups is 1. The van der Waals surface area contributed by atoms with Crippen molar-refractivity contribution in [2.45, 2.75) is 18.4 Å². The van der Waals surface area contributed by atoms with E-state index in [2.05, 4.69) is 0 Å². The molecule has 0 fully saturated rings. The summed E-state index contributed by atoms with van der Waals surface area (Å²) in [7, 11) is 0. The topological polar surface area (TPSA) is 132 Å². The monoisotopic (exact) mass is 264 g/mol. The molecule has 0 spiro atoms. The fourth-order valence-electron chi connectivity index (χ4n) is 0.714. The average Bonchev–Trinajstić information content (AvgIpc) is 1.82. The summed E-state index contributed by atoms with van der Waals surface area (Å²) in [6, 6.07) is 0. The second kappa shape index (κ2) is 8.33. The molecular weight excluding hydrogens is 251 g/mol. The second-order valence-corrected chi connectivity index (χ2v) is 2.48. The van der Waals surface area contributed by atoms with E-state index < -0.39 is 36.4 Å². The second-order valence-electron chi connectivity index (χ2n) is 2.48. The van der Waals surface area contributed by atoms with Gasteiger partial charge in [0.05, 0.1) is 12.8 Å². The third-order valence-corrected chi connectivity index (χ3v) is 1.29. The van der Waals surface area contributed by atoms with E-state index in [0.717, 1.165) is 0 Å². The van der Waals surface area contributed by atoms with Crippen LogP contribution >= 0.6 is 0 Å². The van der Waals surface area contributed by atoms with Crippen LogP contribution in [0, 0.1) is 0 Å². The summed E-state index contributed by atoms with van der Waals surface area (Å²) in [4.78, 5) is 30.5. The summed E-state index contributed by atoms with van der Waals surface area (Å²) in [5.41, 5.74) is -2.74. The molecule has 0 aromatic rings. The minimum atomic E-state index is -2.74. The van der Waals surface area contributed by atoms with Gasteiger partial charge in [-0.1, -0.05) is 0 Å². The summed E-state index contributed by atoms with van der Waals surface area (Å²) in [6.45, 7) is 0. The van der Waals surface area contributed by atoms with Crippen molar-refractivity contribution in [2.75, 3.05) is 0 Å². The molecule has 0 atom stereocenters. The fraction of sp³-hybridized carbons (Fsp3) is 0.500. The Bertz CT molecular complexity index is 238. The maximum absolute atomic E-state index is 10.3. The molecule has 0 aromatic heterocycles. The molecule has 15 heavy (non-hydrogen) atoms. The fourth-order valence-corrected chi connectivity index (χ4v) is 0.714. The molecule has 0 amide bonds. The van der Waals surface area contributed by atoms with Crippen molar-refractivity contribution in [1.29, 1.82) is 0 Å². The van der Waals surface area contributed by atoms with E-state index in [0.29, 0.717) is 0 Å². The Morgan fingerprint density at radius 2 is 1.20 bits per heavy atom. The Morgan fingerprint density at radius 1 is 0.933 bits per heavy atom. The third kappa shape index (κ3) is 8.02. The van der Waals surface area contributed by atoms with Crippen molar-refractivity contribution < 1.29 is 34.8 Å². The summed E-state index contributed by atoms with van der Waals surface area (Å²) >= 11 is 0. The van der Waals surface area contributed by atoms with Gasteiger partial charge in [0, 0.05) is 0 Å². The van der Waals surface area contributed by atoms with Crippen LogP contribution < -0.4 is 0 Å². The van der Waals surface area contributed by atoms with Crippen LogP contribution in [0.4, 0.5) is 0 Å². The van der Waals surface area contributed by atoms with Crippen LogP contribution in [-0.2, 0) is 14.4 Å². The van der Waals surface area contributed by atoms with Crippen molar-refractivity contribution in [1.82, 2.24) is 0 Å². The number of carboxylic acids is 3. The summed E-state index contributed by atoms with van der Waals surface area (Å²) in [5.74, 6) is -5.02. The molecule has 84 valence electrons. The van der Waals surface area contributed by atoms with Crippen molar-refractivity contribution in [3.63, 3.8) is 0 Å². The van der Waals surface area contributed by atoms with Gasteiger partial charge in [0.15, 0.2) is 23.0 Å². The van der Waals surface area contributed by atoms with E-state index in [1.54, 1.807) is 0 Å². The summed E-state index contributed by atoms with van der Waals surface area (Å²) in [6.07, 6.45) is -2.29. The van der Waals surface area contributed by atoms with E-state index >= 15 is 0 Å². The number of aliphatic carboxylic acids is 3.